The predicted octanol–water partition coefficient (Wildman–Crippen LogP) is 5.44. The first-order valence-corrected chi connectivity index (χ1v) is 9.52. The molecule has 0 heterocycles. The number of rotatable bonds is 7. The van der Waals surface area contributed by atoms with Crippen LogP contribution in [-0.2, 0) is 17.8 Å². The molecular weight excluding hydrogens is 380 g/mol. The molecule has 0 bridgehead atoms. The summed E-state index contributed by atoms with van der Waals surface area (Å²) in [6, 6.07) is 21.5. The van der Waals surface area contributed by atoms with Crippen LogP contribution in [-0.4, -0.2) is 23.2 Å². The summed E-state index contributed by atoms with van der Waals surface area (Å²) in [6.45, 7) is 0.451. The Morgan fingerprint density at radius 3 is 2.21 bits per heavy atom. The standard InChI is InChI=1S/C23H20ClF2NO/c24-15-23(28)27(16-20-10-11-21(25)14-22(20)26)13-12-17-6-8-19(9-7-17)18-4-2-1-3-5-18/h1-11,14H,12-13,15-16H2. The lowest BCUT2D eigenvalue weighted by molar-refractivity contribution is -0.129. The van der Waals surface area contributed by atoms with Crippen molar-refractivity contribution in [3.63, 3.8) is 0 Å². The Balaban J connectivity index is 1.67. The summed E-state index contributed by atoms with van der Waals surface area (Å²) in [4.78, 5) is 13.6. The van der Waals surface area contributed by atoms with E-state index in [1.165, 1.54) is 17.0 Å². The summed E-state index contributed by atoms with van der Waals surface area (Å²) >= 11 is 5.70. The summed E-state index contributed by atoms with van der Waals surface area (Å²) in [5.41, 5.74) is 3.58. The second-order valence-electron chi connectivity index (χ2n) is 6.50. The number of halogens is 3. The van der Waals surface area contributed by atoms with Gasteiger partial charge in [-0.2, -0.15) is 0 Å². The second kappa shape index (κ2) is 9.47. The van der Waals surface area contributed by atoms with Crippen LogP contribution < -0.4 is 0 Å². The summed E-state index contributed by atoms with van der Waals surface area (Å²) in [5.74, 6) is -1.78. The van der Waals surface area contributed by atoms with E-state index in [0.717, 1.165) is 22.8 Å². The molecule has 2 nitrogen and oxygen atoms in total. The average Bonchev–Trinajstić information content (AvgIpc) is 2.73. The molecule has 0 radical (unpaired) electrons. The monoisotopic (exact) mass is 399 g/mol. The number of nitrogens with zero attached hydrogens (tertiary/aromatic N) is 1. The molecule has 0 fully saturated rings. The highest BCUT2D eigenvalue weighted by Crippen LogP contribution is 2.20. The van der Waals surface area contributed by atoms with Crippen molar-refractivity contribution in [3.05, 3.63) is 95.6 Å². The van der Waals surface area contributed by atoms with Gasteiger partial charge in [-0.3, -0.25) is 4.79 Å². The fourth-order valence-corrected chi connectivity index (χ4v) is 3.16. The van der Waals surface area contributed by atoms with Gasteiger partial charge in [-0.05, 0) is 29.2 Å². The van der Waals surface area contributed by atoms with E-state index in [-0.39, 0.29) is 23.9 Å². The van der Waals surface area contributed by atoms with Crippen LogP contribution in [0.25, 0.3) is 11.1 Å². The zero-order chi connectivity index (χ0) is 19.9. The molecular formula is C23H20ClF2NO. The Bertz CT molecular complexity index is 929. The highest BCUT2D eigenvalue weighted by atomic mass is 35.5. The van der Waals surface area contributed by atoms with Crippen LogP contribution >= 0.6 is 11.6 Å². The van der Waals surface area contributed by atoms with Crippen LogP contribution in [0.5, 0.6) is 0 Å². The number of alkyl halides is 1. The molecule has 5 heteroatoms. The summed E-state index contributed by atoms with van der Waals surface area (Å²) in [5, 5.41) is 0. The van der Waals surface area contributed by atoms with E-state index in [1.807, 2.05) is 54.6 Å². The molecule has 28 heavy (non-hydrogen) atoms. The Labute approximate surface area is 168 Å². The normalized spacial score (nSPS) is 10.7. The SMILES string of the molecule is O=C(CCl)N(CCc1ccc(-c2ccccc2)cc1)Cc1ccc(F)cc1F. The van der Waals surface area contributed by atoms with Crippen molar-refractivity contribution in [3.8, 4) is 11.1 Å². The van der Waals surface area contributed by atoms with E-state index in [9.17, 15) is 13.6 Å². The quantitative estimate of drug-likeness (QED) is 0.484. The number of hydrogen-bond acceptors (Lipinski definition) is 1. The van der Waals surface area contributed by atoms with Gasteiger partial charge in [0.25, 0.3) is 0 Å². The van der Waals surface area contributed by atoms with E-state index in [2.05, 4.69) is 0 Å². The first-order chi connectivity index (χ1) is 13.6. The lowest BCUT2D eigenvalue weighted by Gasteiger charge is -2.22. The maximum atomic E-state index is 13.9. The maximum absolute atomic E-state index is 13.9. The molecule has 0 saturated heterocycles. The Hall–Kier alpha value is -2.72. The molecule has 3 aromatic rings. The Kier molecular flexibility index (Phi) is 6.77. The predicted molar refractivity (Wildman–Crippen MR) is 108 cm³/mol. The average molecular weight is 400 g/mol. The number of hydrogen-bond donors (Lipinski definition) is 0. The summed E-state index contributed by atoms with van der Waals surface area (Å²) in [7, 11) is 0. The Morgan fingerprint density at radius 1 is 0.893 bits per heavy atom. The fraction of sp³-hybridized carbons (Fsp3) is 0.174. The van der Waals surface area contributed by atoms with E-state index < -0.39 is 11.6 Å². The first kappa shape index (κ1) is 20.0. The summed E-state index contributed by atoms with van der Waals surface area (Å²) in [6.07, 6.45) is 0.612. The van der Waals surface area contributed by atoms with Crippen molar-refractivity contribution in [2.24, 2.45) is 0 Å². The molecule has 0 N–H and O–H groups in total. The molecule has 0 atom stereocenters. The van der Waals surface area contributed by atoms with Gasteiger partial charge in [0.1, 0.15) is 17.5 Å². The minimum absolute atomic E-state index is 0.0553. The van der Waals surface area contributed by atoms with E-state index in [4.69, 9.17) is 11.6 Å². The zero-order valence-electron chi connectivity index (χ0n) is 15.2. The van der Waals surface area contributed by atoms with Crippen LogP contribution in [0.3, 0.4) is 0 Å². The van der Waals surface area contributed by atoms with Crippen molar-refractivity contribution in [1.29, 1.82) is 0 Å². The van der Waals surface area contributed by atoms with Crippen LogP contribution in [0.15, 0.2) is 72.8 Å². The van der Waals surface area contributed by atoms with E-state index in [0.29, 0.717) is 13.0 Å². The van der Waals surface area contributed by atoms with Crippen LogP contribution in [0.4, 0.5) is 8.78 Å². The molecule has 0 aromatic heterocycles. The highest BCUT2D eigenvalue weighted by Gasteiger charge is 2.15. The van der Waals surface area contributed by atoms with Gasteiger partial charge < -0.3 is 4.90 Å². The third kappa shape index (κ3) is 5.17. The van der Waals surface area contributed by atoms with Crippen LogP contribution in [0.1, 0.15) is 11.1 Å². The number of amides is 1. The zero-order valence-corrected chi connectivity index (χ0v) is 16.0. The molecule has 0 unspecified atom stereocenters. The molecule has 1 amide bonds. The fourth-order valence-electron chi connectivity index (χ4n) is 2.99. The molecule has 3 aromatic carbocycles. The van der Waals surface area contributed by atoms with Gasteiger partial charge in [0.15, 0.2) is 0 Å². The van der Waals surface area contributed by atoms with Crippen molar-refractivity contribution < 1.29 is 13.6 Å². The molecule has 3 rings (SSSR count). The van der Waals surface area contributed by atoms with Gasteiger partial charge in [0.2, 0.25) is 5.91 Å². The summed E-state index contributed by atoms with van der Waals surface area (Å²) < 4.78 is 27.0. The van der Waals surface area contributed by atoms with Gasteiger partial charge in [-0.1, -0.05) is 60.7 Å². The van der Waals surface area contributed by atoms with Gasteiger partial charge in [-0.15, -0.1) is 11.6 Å². The number of carbonyl (C=O) groups excluding carboxylic acids is 1. The van der Waals surface area contributed by atoms with Crippen molar-refractivity contribution in [2.75, 3.05) is 12.4 Å². The largest absolute Gasteiger partial charge is 0.337 e. The minimum Gasteiger partial charge on any atom is -0.337 e. The maximum Gasteiger partial charge on any atom is 0.237 e. The number of benzene rings is 3. The lowest BCUT2D eigenvalue weighted by Crippen LogP contribution is -2.33. The smallest absolute Gasteiger partial charge is 0.237 e. The van der Waals surface area contributed by atoms with Crippen molar-refractivity contribution in [1.82, 2.24) is 4.90 Å². The van der Waals surface area contributed by atoms with E-state index in [1.54, 1.807) is 0 Å². The first-order valence-electron chi connectivity index (χ1n) is 8.99. The molecule has 0 aliphatic rings. The molecule has 0 spiro atoms. The second-order valence-corrected chi connectivity index (χ2v) is 6.76. The third-order valence-corrected chi connectivity index (χ3v) is 4.80. The molecule has 0 aliphatic carbocycles. The Morgan fingerprint density at radius 2 is 1.57 bits per heavy atom. The van der Waals surface area contributed by atoms with Gasteiger partial charge >= 0.3 is 0 Å². The van der Waals surface area contributed by atoms with Crippen LogP contribution in [0.2, 0.25) is 0 Å². The molecule has 0 aliphatic heterocycles. The molecule has 144 valence electrons. The van der Waals surface area contributed by atoms with E-state index >= 15 is 0 Å². The third-order valence-electron chi connectivity index (χ3n) is 4.57. The highest BCUT2D eigenvalue weighted by molar-refractivity contribution is 6.27. The molecule has 0 saturated carbocycles. The van der Waals surface area contributed by atoms with Gasteiger partial charge in [0.05, 0.1) is 0 Å². The lowest BCUT2D eigenvalue weighted by atomic mass is 10.0. The number of carbonyl (C=O) groups is 1. The van der Waals surface area contributed by atoms with Gasteiger partial charge in [-0.25, -0.2) is 8.78 Å². The topological polar surface area (TPSA) is 20.3 Å². The van der Waals surface area contributed by atoms with Crippen LogP contribution in [0, 0.1) is 11.6 Å². The minimum atomic E-state index is -0.667. The van der Waals surface area contributed by atoms with Crippen molar-refractivity contribution >= 4 is 17.5 Å². The van der Waals surface area contributed by atoms with Gasteiger partial charge in [0, 0.05) is 24.7 Å². The van der Waals surface area contributed by atoms with Crippen molar-refractivity contribution in [2.45, 2.75) is 13.0 Å².